The molecular formula is C15H19NO. The smallest absolute Gasteiger partial charge is 0.127 e. The highest BCUT2D eigenvalue weighted by molar-refractivity contribution is 5.45. The Morgan fingerprint density at radius 2 is 2.29 bits per heavy atom. The molecular weight excluding hydrogens is 210 g/mol. The van der Waals surface area contributed by atoms with Crippen LogP contribution in [-0.4, -0.2) is 11.6 Å². The number of ether oxygens (including phenoxy) is 1. The first-order valence-electron chi connectivity index (χ1n) is 6.01. The summed E-state index contributed by atoms with van der Waals surface area (Å²) in [6, 6.07) is 6.40. The lowest BCUT2D eigenvalue weighted by Crippen LogP contribution is -2.26. The van der Waals surface area contributed by atoms with Crippen LogP contribution >= 0.6 is 0 Å². The SMILES string of the molecule is C#CC(C)NCc1cccc2c1OC(C)(C)C2. The van der Waals surface area contributed by atoms with Crippen molar-refractivity contribution in [2.45, 2.75) is 45.4 Å². The monoisotopic (exact) mass is 229 g/mol. The molecule has 1 N–H and O–H groups in total. The number of hydrogen-bond donors (Lipinski definition) is 1. The second-order valence-electron chi connectivity index (χ2n) is 5.21. The molecule has 1 aliphatic heterocycles. The maximum Gasteiger partial charge on any atom is 0.127 e. The molecule has 0 saturated heterocycles. The molecule has 1 atom stereocenters. The van der Waals surface area contributed by atoms with E-state index in [1.54, 1.807) is 0 Å². The average Bonchev–Trinajstić information content (AvgIpc) is 2.60. The van der Waals surface area contributed by atoms with E-state index in [4.69, 9.17) is 11.2 Å². The molecule has 1 aromatic carbocycles. The van der Waals surface area contributed by atoms with Gasteiger partial charge >= 0.3 is 0 Å². The van der Waals surface area contributed by atoms with Gasteiger partial charge in [-0.2, -0.15) is 0 Å². The Balaban J connectivity index is 2.16. The maximum absolute atomic E-state index is 6.00. The van der Waals surface area contributed by atoms with Gasteiger partial charge in [0.05, 0.1) is 6.04 Å². The Morgan fingerprint density at radius 3 is 3.00 bits per heavy atom. The standard InChI is InChI=1S/C15H19NO/c1-5-11(2)16-10-13-8-6-7-12-9-15(3,4)17-14(12)13/h1,6-8,11,16H,9-10H2,2-4H3. The van der Waals surface area contributed by atoms with E-state index in [0.717, 1.165) is 18.7 Å². The summed E-state index contributed by atoms with van der Waals surface area (Å²) in [5, 5.41) is 3.29. The van der Waals surface area contributed by atoms with Crippen LogP contribution in [0.3, 0.4) is 0 Å². The minimum Gasteiger partial charge on any atom is -0.487 e. The summed E-state index contributed by atoms with van der Waals surface area (Å²) in [4.78, 5) is 0. The first-order chi connectivity index (χ1) is 8.02. The van der Waals surface area contributed by atoms with Gasteiger partial charge < -0.3 is 4.74 Å². The molecule has 0 bridgehead atoms. The van der Waals surface area contributed by atoms with Crippen molar-refractivity contribution in [1.29, 1.82) is 0 Å². The molecule has 0 amide bonds. The maximum atomic E-state index is 6.00. The molecule has 0 spiro atoms. The van der Waals surface area contributed by atoms with Gasteiger partial charge in [-0.1, -0.05) is 24.1 Å². The van der Waals surface area contributed by atoms with Crippen molar-refractivity contribution in [3.8, 4) is 18.1 Å². The van der Waals surface area contributed by atoms with Crippen LogP contribution < -0.4 is 10.1 Å². The molecule has 90 valence electrons. The van der Waals surface area contributed by atoms with Crippen LogP contribution in [0.4, 0.5) is 0 Å². The molecule has 0 fully saturated rings. The predicted molar refractivity (Wildman–Crippen MR) is 70.0 cm³/mol. The number of fused-ring (bicyclic) bond motifs is 1. The van der Waals surface area contributed by atoms with Crippen molar-refractivity contribution in [3.05, 3.63) is 29.3 Å². The highest BCUT2D eigenvalue weighted by atomic mass is 16.5. The number of benzene rings is 1. The van der Waals surface area contributed by atoms with E-state index in [9.17, 15) is 0 Å². The van der Waals surface area contributed by atoms with E-state index in [1.807, 2.05) is 6.92 Å². The topological polar surface area (TPSA) is 21.3 Å². The normalized spacial score (nSPS) is 18.0. The van der Waals surface area contributed by atoms with Crippen LogP contribution in [0.1, 0.15) is 31.9 Å². The van der Waals surface area contributed by atoms with Crippen LogP contribution in [0.2, 0.25) is 0 Å². The summed E-state index contributed by atoms with van der Waals surface area (Å²) in [5.41, 5.74) is 2.40. The minimum absolute atomic E-state index is 0.0836. The van der Waals surface area contributed by atoms with Gasteiger partial charge in [-0.05, 0) is 26.3 Å². The fourth-order valence-electron chi connectivity index (χ4n) is 2.14. The van der Waals surface area contributed by atoms with E-state index in [0.29, 0.717) is 0 Å². The minimum atomic E-state index is -0.0871. The van der Waals surface area contributed by atoms with Crippen LogP contribution in [0.15, 0.2) is 18.2 Å². The zero-order chi connectivity index (χ0) is 12.5. The summed E-state index contributed by atoms with van der Waals surface area (Å²) in [5.74, 6) is 3.70. The molecule has 1 aliphatic rings. The Bertz CT molecular complexity index is 456. The third-order valence-corrected chi connectivity index (χ3v) is 3.02. The van der Waals surface area contributed by atoms with E-state index in [2.05, 4.69) is 43.3 Å². The number of nitrogens with one attached hydrogen (secondary N) is 1. The van der Waals surface area contributed by atoms with E-state index in [1.165, 1.54) is 11.1 Å². The summed E-state index contributed by atoms with van der Waals surface area (Å²) >= 11 is 0. The Labute approximate surface area is 103 Å². The van der Waals surface area contributed by atoms with Crippen molar-refractivity contribution < 1.29 is 4.74 Å². The van der Waals surface area contributed by atoms with Crippen molar-refractivity contribution in [2.75, 3.05) is 0 Å². The zero-order valence-electron chi connectivity index (χ0n) is 10.7. The second-order valence-corrected chi connectivity index (χ2v) is 5.21. The second kappa shape index (κ2) is 4.43. The van der Waals surface area contributed by atoms with Gasteiger partial charge in [-0.3, -0.25) is 5.32 Å². The van der Waals surface area contributed by atoms with Gasteiger partial charge in [0, 0.05) is 18.5 Å². The number of rotatable bonds is 3. The van der Waals surface area contributed by atoms with Crippen LogP contribution in [0.5, 0.6) is 5.75 Å². The van der Waals surface area contributed by atoms with E-state index >= 15 is 0 Å². The van der Waals surface area contributed by atoms with Gasteiger partial charge in [0.2, 0.25) is 0 Å². The lowest BCUT2D eigenvalue weighted by molar-refractivity contribution is 0.137. The lowest BCUT2D eigenvalue weighted by atomic mass is 10.0. The summed E-state index contributed by atoms with van der Waals surface area (Å²) in [6.45, 7) is 6.97. The van der Waals surface area contributed by atoms with Gasteiger partial charge in [0.1, 0.15) is 11.4 Å². The molecule has 2 rings (SSSR count). The first kappa shape index (κ1) is 12.0. The Morgan fingerprint density at radius 1 is 1.53 bits per heavy atom. The molecule has 1 unspecified atom stereocenters. The molecule has 1 aromatic rings. The Kier molecular flexibility index (Phi) is 3.13. The van der Waals surface area contributed by atoms with Gasteiger partial charge in [0.25, 0.3) is 0 Å². The summed E-state index contributed by atoms with van der Waals surface area (Å²) in [7, 11) is 0. The van der Waals surface area contributed by atoms with Crippen molar-refractivity contribution in [1.82, 2.24) is 5.32 Å². The summed E-state index contributed by atoms with van der Waals surface area (Å²) in [6.07, 6.45) is 6.32. The van der Waals surface area contributed by atoms with Crippen molar-refractivity contribution in [2.24, 2.45) is 0 Å². The fourth-order valence-corrected chi connectivity index (χ4v) is 2.14. The van der Waals surface area contributed by atoms with Crippen molar-refractivity contribution >= 4 is 0 Å². The average molecular weight is 229 g/mol. The van der Waals surface area contributed by atoms with E-state index < -0.39 is 0 Å². The molecule has 0 radical (unpaired) electrons. The third-order valence-electron chi connectivity index (χ3n) is 3.02. The van der Waals surface area contributed by atoms with Crippen LogP contribution in [0.25, 0.3) is 0 Å². The predicted octanol–water partition coefficient (Wildman–Crippen LogP) is 2.51. The fraction of sp³-hybridized carbons (Fsp3) is 0.467. The van der Waals surface area contributed by atoms with Crippen LogP contribution in [0, 0.1) is 12.3 Å². The quantitative estimate of drug-likeness (QED) is 0.804. The van der Waals surface area contributed by atoms with Gasteiger partial charge in [-0.25, -0.2) is 0 Å². The highest BCUT2D eigenvalue weighted by Gasteiger charge is 2.31. The molecule has 0 saturated carbocycles. The zero-order valence-corrected chi connectivity index (χ0v) is 10.7. The van der Waals surface area contributed by atoms with Crippen LogP contribution in [-0.2, 0) is 13.0 Å². The highest BCUT2D eigenvalue weighted by Crippen LogP contribution is 2.37. The number of terminal acetylenes is 1. The summed E-state index contributed by atoms with van der Waals surface area (Å²) < 4.78 is 6.00. The molecule has 1 heterocycles. The molecule has 2 heteroatoms. The molecule has 17 heavy (non-hydrogen) atoms. The number of hydrogen-bond acceptors (Lipinski definition) is 2. The van der Waals surface area contributed by atoms with Gasteiger partial charge in [-0.15, -0.1) is 6.42 Å². The Hall–Kier alpha value is -1.46. The van der Waals surface area contributed by atoms with E-state index in [-0.39, 0.29) is 11.6 Å². The number of para-hydroxylation sites is 1. The largest absolute Gasteiger partial charge is 0.487 e. The lowest BCUT2D eigenvalue weighted by Gasteiger charge is -2.18. The van der Waals surface area contributed by atoms with Crippen molar-refractivity contribution in [3.63, 3.8) is 0 Å². The third kappa shape index (κ3) is 2.62. The first-order valence-corrected chi connectivity index (χ1v) is 6.01. The molecule has 0 aliphatic carbocycles. The molecule has 0 aromatic heterocycles. The molecule has 2 nitrogen and oxygen atoms in total. The van der Waals surface area contributed by atoms with Gasteiger partial charge in [0.15, 0.2) is 0 Å².